The van der Waals surface area contributed by atoms with Gasteiger partial charge in [0.05, 0.1) is 18.0 Å². The molecule has 0 radical (unpaired) electrons. The molecule has 0 aliphatic rings. The minimum Gasteiger partial charge on any atom is -0.488 e. The molecular formula is C27H29NO2. The van der Waals surface area contributed by atoms with Crippen molar-refractivity contribution in [2.75, 3.05) is 6.61 Å². The molecular weight excluding hydrogens is 370 g/mol. The van der Waals surface area contributed by atoms with Crippen LogP contribution in [0.5, 0.6) is 5.75 Å². The molecule has 0 bridgehead atoms. The Kier molecular flexibility index (Phi) is 7.99. The van der Waals surface area contributed by atoms with Crippen LogP contribution in [0.25, 0.3) is 28.5 Å². The van der Waals surface area contributed by atoms with E-state index >= 15 is 0 Å². The summed E-state index contributed by atoms with van der Waals surface area (Å²) in [4.78, 5) is 4.49. The van der Waals surface area contributed by atoms with Gasteiger partial charge in [-0.3, -0.25) is 4.98 Å². The molecule has 154 valence electrons. The fourth-order valence-electron chi connectivity index (χ4n) is 3.16. The summed E-state index contributed by atoms with van der Waals surface area (Å²) in [6, 6.07) is 20.9. The third-order valence-electron chi connectivity index (χ3n) is 4.83. The van der Waals surface area contributed by atoms with E-state index in [1.165, 1.54) is 16.7 Å². The van der Waals surface area contributed by atoms with Gasteiger partial charge in [-0.25, -0.2) is 0 Å². The van der Waals surface area contributed by atoms with Gasteiger partial charge in [0.25, 0.3) is 0 Å². The third kappa shape index (κ3) is 6.43. The molecule has 3 heteroatoms. The van der Waals surface area contributed by atoms with E-state index in [2.05, 4.69) is 72.2 Å². The van der Waals surface area contributed by atoms with Crippen LogP contribution >= 0.6 is 0 Å². The quantitative estimate of drug-likeness (QED) is 0.311. The first-order chi connectivity index (χ1) is 14.7. The number of nitrogens with zero attached hydrogens (tertiary/aromatic N) is 1. The maximum atomic E-state index is 9.29. The van der Waals surface area contributed by atoms with E-state index in [9.17, 15) is 5.11 Å². The molecule has 0 saturated carbocycles. The fraction of sp³-hybridized carbons (Fsp3) is 0.222. The predicted molar refractivity (Wildman–Crippen MR) is 125 cm³/mol. The molecule has 1 heterocycles. The van der Waals surface area contributed by atoms with Crippen LogP contribution in [-0.2, 0) is 0 Å². The van der Waals surface area contributed by atoms with Gasteiger partial charge in [-0.05, 0) is 55.0 Å². The van der Waals surface area contributed by atoms with Crippen LogP contribution in [-0.4, -0.2) is 22.8 Å². The van der Waals surface area contributed by atoms with Gasteiger partial charge in [0, 0.05) is 5.56 Å². The second kappa shape index (κ2) is 11.1. The molecule has 0 aliphatic carbocycles. The van der Waals surface area contributed by atoms with Gasteiger partial charge in [0.15, 0.2) is 0 Å². The van der Waals surface area contributed by atoms with Crippen molar-refractivity contribution in [3.63, 3.8) is 0 Å². The molecule has 3 nitrogen and oxygen atoms in total. The molecule has 3 rings (SSSR count). The molecule has 1 aromatic heterocycles. The normalized spacial score (nSPS) is 12.1. The van der Waals surface area contributed by atoms with E-state index in [1.54, 1.807) is 12.3 Å². The Morgan fingerprint density at radius 2 is 1.63 bits per heavy atom. The van der Waals surface area contributed by atoms with Gasteiger partial charge in [0.1, 0.15) is 12.4 Å². The van der Waals surface area contributed by atoms with Crippen LogP contribution in [0.1, 0.15) is 31.7 Å². The van der Waals surface area contributed by atoms with Gasteiger partial charge in [-0.1, -0.05) is 73.3 Å². The predicted octanol–water partition coefficient (Wildman–Crippen LogP) is 6.54. The summed E-state index contributed by atoms with van der Waals surface area (Å²) in [5.74, 6) is 0.743. The van der Waals surface area contributed by atoms with Crippen LogP contribution < -0.4 is 4.74 Å². The molecule has 0 fully saturated rings. The van der Waals surface area contributed by atoms with E-state index in [4.69, 9.17) is 4.74 Å². The maximum absolute atomic E-state index is 9.29. The standard InChI is InChI=1S/C27H29NO2/c1-3-19-30-26-17-18-27(28-20-26)25-15-13-24(14-16-25)23-11-9-22(10-12-23)8-6-4-5-7-21(2)29/h3,6,8-18,20-21,29H,1,4-5,7,19H2,2H3/b8-6+. The summed E-state index contributed by atoms with van der Waals surface area (Å²) in [5.41, 5.74) is 5.55. The number of allylic oxidation sites excluding steroid dienone is 1. The van der Waals surface area contributed by atoms with Crippen molar-refractivity contribution < 1.29 is 9.84 Å². The second-order valence-electron chi connectivity index (χ2n) is 7.36. The van der Waals surface area contributed by atoms with Gasteiger partial charge < -0.3 is 9.84 Å². The zero-order valence-electron chi connectivity index (χ0n) is 17.5. The van der Waals surface area contributed by atoms with Gasteiger partial charge >= 0.3 is 0 Å². The first kappa shape index (κ1) is 21.5. The second-order valence-corrected chi connectivity index (χ2v) is 7.36. The molecule has 1 unspecified atom stereocenters. The van der Waals surface area contributed by atoms with E-state index in [0.29, 0.717) is 6.61 Å². The number of pyridine rings is 1. The molecule has 0 aliphatic heterocycles. The van der Waals surface area contributed by atoms with Crippen molar-refractivity contribution in [2.45, 2.75) is 32.3 Å². The first-order valence-electron chi connectivity index (χ1n) is 10.4. The molecule has 30 heavy (non-hydrogen) atoms. The van der Waals surface area contributed by atoms with Crippen LogP contribution in [0.3, 0.4) is 0 Å². The lowest BCUT2D eigenvalue weighted by atomic mass is 10.0. The summed E-state index contributed by atoms with van der Waals surface area (Å²) in [6.07, 6.45) is 10.4. The zero-order chi connectivity index (χ0) is 21.2. The molecule has 3 aromatic rings. The van der Waals surface area contributed by atoms with E-state index in [0.717, 1.165) is 36.3 Å². The minimum absolute atomic E-state index is 0.212. The minimum atomic E-state index is -0.212. The summed E-state index contributed by atoms with van der Waals surface area (Å²) < 4.78 is 5.48. The lowest BCUT2D eigenvalue weighted by Gasteiger charge is -2.07. The molecule has 1 N–H and O–H groups in total. The fourth-order valence-corrected chi connectivity index (χ4v) is 3.16. The number of aliphatic hydroxyl groups excluding tert-OH is 1. The van der Waals surface area contributed by atoms with E-state index < -0.39 is 0 Å². The van der Waals surface area contributed by atoms with E-state index in [1.807, 2.05) is 19.1 Å². The number of aromatic nitrogens is 1. The summed E-state index contributed by atoms with van der Waals surface area (Å²) >= 11 is 0. The SMILES string of the molecule is C=CCOc1ccc(-c2ccc(-c3ccc(/C=C/CCCC(C)O)cc3)cc2)nc1. The highest BCUT2D eigenvalue weighted by Crippen LogP contribution is 2.25. The smallest absolute Gasteiger partial charge is 0.138 e. The van der Waals surface area contributed by atoms with Crippen molar-refractivity contribution in [1.82, 2.24) is 4.98 Å². The number of ether oxygens (including phenoxy) is 1. The lowest BCUT2D eigenvalue weighted by molar-refractivity contribution is 0.182. The molecule has 2 aromatic carbocycles. The number of benzene rings is 2. The van der Waals surface area contributed by atoms with Crippen molar-refractivity contribution in [2.24, 2.45) is 0 Å². The van der Waals surface area contributed by atoms with Crippen LogP contribution in [0, 0.1) is 0 Å². The Morgan fingerprint density at radius 1 is 0.967 bits per heavy atom. The number of rotatable bonds is 10. The molecule has 0 amide bonds. The molecule has 0 spiro atoms. The summed E-state index contributed by atoms with van der Waals surface area (Å²) in [6.45, 7) is 5.96. The maximum Gasteiger partial charge on any atom is 0.138 e. The highest BCUT2D eigenvalue weighted by atomic mass is 16.5. The highest BCUT2D eigenvalue weighted by Gasteiger charge is 2.03. The van der Waals surface area contributed by atoms with Crippen molar-refractivity contribution in [1.29, 1.82) is 0 Å². The number of unbranched alkanes of at least 4 members (excludes halogenated alkanes) is 1. The average Bonchev–Trinajstić information content (AvgIpc) is 2.78. The third-order valence-corrected chi connectivity index (χ3v) is 4.83. The Morgan fingerprint density at radius 3 is 2.23 bits per heavy atom. The Labute approximate surface area is 179 Å². The Bertz CT molecular complexity index is 940. The lowest BCUT2D eigenvalue weighted by Crippen LogP contribution is -1.97. The monoisotopic (exact) mass is 399 g/mol. The Balaban J connectivity index is 1.60. The van der Waals surface area contributed by atoms with Crippen molar-refractivity contribution in [3.05, 3.63) is 91.2 Å². The summed E-state index contributed by atoms with van der Waals surface area (Å²) in [7, 11) is 0. The zero-order valence-corrected chi connectivity index (χ0v) is 17.5. The average molecular weight is 400 g/mol. The van der Waals surface area contributed by atoms with Crippen molar-refractivity contribution >= 4 is 6.08 Å². The number of hydrogen-bond donors (Lipinski definition) is 1. The summed E-state index contributed by atoms with van der Waals surface area (Å²) in [5, 5.41) is 9.29. The van der Waals surface area contributed by atoms with E-state index in [-0.39, 0.29) is 6.10 Å². The molecule has 0 saturated heterocycles. The van der Waals surface area contributed by atoms with Crippen LogP contribution in [0.4, 0.5) is 0 Å². The van der Waals surface area contributed by atoms with Gasteiger partial charge in [-0.15, -0.1) is 0 Å². The van der Waals surface area contributed by atoms with Crippen LogP contribution in [0.15, 0.2) is 85.6 Å². The van der Waals surface area contributed by atoms with Crippen molar-refractivity contribution in [3.8, 4) is 28.1 Å². The van der Waals surface area contributed by atoms with Gasteiger partial charge in [-0.2, -0.15) is 0 Å². The molecule has 1 atom stereocenters. The first-order valence-corrected chi connectivity index (χ1v) is 10.4. The van der Waals surface area contributed by atoms with Gasteiger partial charge in [0.2, 0.25) is 0 Å². The Hall–Kier alpha value is -3.17. The number of aliphatic hydroxyl groups is 1. The topological polar surface area (TPSA) is 42.4 Å². The highest BCUT2D eigenvalue weighted by molar-refractivity contribution is 5.70. The van der Waals surface area contributed by atoms with Crippen LogP contribution in [0.2, 0.25) is 0 Å². The number of hydrogen-bond acceptors (Lipinski definition) is 3. The largest absolute Gasteiger partial charge is 0.488 e.